The van der Waals surface area contributed by atoms with E-state index in [1.165, 1.54) is 31.2 Å². The van der Waals surface area contributed by atoms with Crippen molar-refractivity contribution in [1.29, 1.82) is 5.41 Å². The van der Waals surface area contributed by atoms with Crippen LogP contribution in [0.2, 0.25) is 0 Å². The molecule has 190 valence electrons. The first-order chi connectivity index (χ1) is 15.9. The molecule has 0 spiro atoms. The second-order valence-corrected chi connectivity index (χ2v) is 9.06. The van der Waals surface area contributed by atoms with Crippen LogP contribution in [-0.2, 0) is 12.0 Å². The molecule has 3 rings (SSSR count). The molecule has 0 saturated heterocycles. The highest BCUT2D eigenvalue weighted by molar-refractivity contribution is 8.93. The molecule has 0 fully saturated rings. The fourth-order valence-electron chi connectivity index (χ4n) is 3.96. The average molecular weight is 552 g/mol. The van der Waals surface area contributed by atoms with Gasteiger partial charge >= 0.3 is 0 Å². The first-order valence-corrected chi connectivity index (χ1v) is 10.9. The highest BCUT2D eigenvalue weighted by Crippen LogP contribution is 2.39. The van der Waals surface area contributed by atoms with Crippen LogP contribution in [0.15, 0.2) is 18.2 Å². The van der Waals surface area contributed by atoms with Crippen molar-refractivity contribution in [2.45, 2.75) is 39.7 Å². The number of amidine groups is 1. The molecule has 0 bridgehead atoms. The predicted octanol–water partition coefficient (Wildman–Crippen LogP) is 4.20. The Kier molecular flexibility index (Phi) is 8.54. The van der Waals surface area contributed by atoms with Gasteiger partial charge in [-0.05, 0) is 30.5 Å². The van der Waals surface area contributed by atoms with E-state index in [1.54, 1.807) is 13.0 Å². The summed E-state index contributed by atoms with van der Waals surface area (Å²) in [6.07, 6.45) is 0. The fourth-order valence-corrected chi connectivity index (χ4v) is 3.96. The number of hydrogen-bond acceptors (Lipinski definition) is 6. The third-order valence-corrected chi connectivity index (χ3v) is 5.76. The van der Waals surface area contributed by atoms with Crippen LogP contribution < -0.4 is 14.8 Å². The summed E-state index contributed by atoms with van der Waals surface area (Å²) in [6.45, 7) is 7.37. The number of phenolic OH excluding ortho intramolecular Hbond substituents is 1. The molecular formula is C25H31BrFN3O5. The van der Waals surface area contributed by atoms with E-state index >= 15 is 4.39 Å². The molecule has 1 heterocycles. The first-order valence-electron chi connectivity index (χ1n) is 10.9. The highest BCUT2D eigenvalue weighted by Gasteiger charge is 2.34. The van der Waals surface area contributed by atoms with Crippen molar-refractivity contribution in [2.75, 3.05) is 27.3 Å². The molecule has 1 aliphatic heterocycles. The standard InChI is InChI=1S/C25H30FN3O5.BrH/c1-7-34-22-15(24(32)28-5)10-14-16(20(22)26)11-29(23(14)27)12-18(30)13-8-17(25(2,3)4)21(31)19(9-13)33-6;/h8-10,27,31H,7,11-12H2,1-6H3,(H,28,32);1H. The molecule has 0 unspecified atom stereocenters. The van der Waals surface area contributed by atoms with Gasteiger partial charge in [0.05, 0.1) is 25.8 Å². The molecule has 35 heavy (non-hydrogen) atoms. The van der Waals surface area contributed by atoms with Gasteiger partial charge in [0, 0.05) is 35.8 Å². The molecule has 2 aromatic rings. The molecular weight excluding hydrogens is 521 g/mol. The number of phenols is 1. The minimum atomic E-state index is -0.709. The number of carbonyl (C=O) groups excluding carboxylic acids is 2. The number of Topliss-reactive ketones (excluding diaryl/α,β-unsaturated/α-hetero) is 1. The van der Waals surface area contributed by atoms with Crippen LogP contribution in [0.25, 0.3) is 0 Å². The van der Waals surface area contributed by atoms with Crippen molar-refractivity contribution in [3.63, 3.8) is 0 Å². The summed E-state index contributed by atoms with van der Waals surface area (Å²) in [5.41, 5.74) is 0.858. The van der Waals surface area contributed by atoms with Gasteiger partial charge in [0.15, 0.2) is 28.8 Å². The number of ether oxygens (including phenoxy) is 2. The Morgan fingerprint density at radius 3 is 2.46 bits per heavy atom. The normalized spacial score (nSPS) is 12.7. The van der Waals surface area contributed by atoms with E-state index in [9.17, 15) is 14.7 Å². The summed E-state index contributed by atoms with van der Waals surface area (Å²) in [4.78, 5) is 26.9. The number of methoxy groups -OCH3 is 1. The van der Waals surface area contributed by atoms with Gasteiger partial charge in [-0.2, -0.15) is 0 Å². The van der Waals surface area contributed by atoms with Crippen LogP contribution in [0.3, 0.4) is 0 Å². The van der Waals surface area contributed by atoms with E-state index in [0.29, 0.717) is 11.1 Å². The Hall–Kier alpha value is -3.14. The largest absolute Gasteiger partial charge is 0.504 e. The summed E-state index contributed by atoms with van der Waals surface area (Å²) in [5.74, 6) is -1.63. The molecule has 8 nitrogen and oxygen atoms in total. The number of amides is 1. The second-order valence-electron chi connectivity index (χ2n) is 9.06. The highest BCUT2D eigenvalue weighted by atomic mass is 79.9. The number of nitrogens with zero attached hydrogens (tertiary/aromatic N) is 1. The minimum absolute atomic E-state index is 0. The van der Waals surface area contributed by atoms with Crippen LogP contribution in [0.4, 0.5) is 4.39 Å². The van der Waals surface area contributed by atoms with E-state index < -0.39 is 17.1 Å². The van der Waals surface area contributed by atoms with Gasteiger partial charge in [0.1, 0.15) is 5.84 Å². The Morgan fingerprint density at radius 2 is 1.91 bits per heavy atom. The monoisotopic (exact) mass is 551 g/mol. The number of ketones is 1. The molecule has 2 aromatic carbocycles. The van der Waals surface area contributed by atoms with E-state index in [0.717, 1.165) is 0 Å². The molecule has 0 aliphatic carbocycles. The number of nitrogens with one attached hydrogen (secondary N) is 2. The summed E-state index contributed by atoms with van der Waals surface area (Å²) in [5, 5.41) is 21.5. The van der Waals surface area contributed by atoms with Gasteiger partial charge in [-0.3, -0.25) is 15.0 Å². The zero-order valence-electron chi connectivity index (χ0n) is 20.7. The Morgan fingerprint density at radius 1 is 1.26 bits per heavy atom. The van der Waals surface area contributed by atoms with Crippen molar-refractivity contribution in [3.05, 3.63) is 51.8 Å². The molecule has 0 saturated carbocycles. The lowest BCUT2D eigenvalue weighted by Gasteiger charge is -2.23. The lowest BCUT2D eigenvalue weighted by atomic mass is 9.84. The first kappa shape index (κ1) is 28.1. The van der Waals surface area contributed by atoms with E-state index in [4.69, 9.17) is 14.9 Å². The number of carbonyl (C=O) groups is 2. The maximum Gasteiger partial charge on any atom is 0.254 e. The van der Waals surface area contributed by atoms with E-state index in [-0.39, 0.29) is 82.2 Å². The lowest BCUT2D eigenvalue weighted by molar-refractivity contribution is 0.0952. The van der Waals surface area contributed by atoms with Crippen molar-refractivity contribution in [2.24, 2.45) is 0 Å². The van der Waals surface area contributed by atoms with Gasteiger partial charge in [-0.1, -0.05) is 20.8 Å². The average Bonchev–Trinajstić information content (AvgIpc) is 3.09. The quantitative estimate of drug-likeness (QED) is 0.444. The van der Waals surface area contributed by atoms with E-state index in [2.05, 4.69) is 5.32 Å². The summed E-state index contributed by atoms with van der Waals surface area (Å²) >= 11 is 0. The number of aromatic hydroxyl groups is 1. The summed E-state index contributed by atoms with van der Waals surface area (Å²) < 4.78 is 25.9. The van der Waals surface area contributed by atoms with Crippen LogP contribution in [0.5, 0.6) is 17.2 Å². The summed E-state index contributed by atoms with van der Waals surface area (Å²) in [6, 6.07) is 4.50. The van der Waals surface area contributed by atoms with Crippen molar-refractivity contribution >= 4 is 34.5 Å². The Labute approximate surface area is 214 Å². The summed E-state index contributed by atoms with van der Waals surface area (Å²) in [7, 11) is 2.84. The van der Waals surface area contributed by atoms with Crippen molar-refractivity contribution < 1.29 is 28.6 Å². The van der Waals surface area contributed by atoms with Gasteiger partial charge in [0.25, 0.3) is 5.91 Å². The molecule has 1 aliphatic rings. The molecule has 10 heteroatoms. The van der Waals surface area contributed by atoms with Crippen LogP contribution in [-0.4, -0.2) is 54.8 Å². The number of halogens is 2. The van der Waals surface area contributed by atoms with Gasteiger partial charge in [-0.15, -0.1) is 17.0 Å². The van der Waals surface area contributed by atoms with Gasteiger partial charge < -0.3 is 24.8 Å². The third-order valence-electron chi connectivity index (χ3n) is 5.76. The zero-order valence-corrected chi connectivity index (χ0v) is 22.4. The Balaban J connectivity index is 0.00000432. The molecule has 0 aromatic heterocycles. The van der Waals surface area contributed by atoms with E-state index in [1.807, 2.05) is 20.8 Å². The van der Waals surface area contributed by atoms with Gasteiger partial charge in [-0.25, -0.2) is 4.39 Å². The number of fused-ring (bicyclic) bond motifs is 1. The third kappa shape index (κ3) is 5.27. The molecule has 0 radical (unpaired) electrons. The van der Waals surface area contributed by atoms with Crippen LogP contribution in [0, 0.1) is 11.2 Å². The molecule has 1 amide bonds. The fraction of sp³-hybridized carbons (Fsp3) is 0.400. The number of hydrogen-bond donors (Lipinski definition) is 3. The minimum Gasteiger partial charge on any atom is -0.504 e. The van der Waals surface area contributed by atoms with Gasteiger partial charge in [0.2, 0.25) is 0 Å². The predicted molar refractivity (Wildman–Crippen MR) is 136 cm³/mol. The maximum atomic E-state index is 15.3. The molecule has 0 atom stereocenters. The smallest absolute Gasteiger partial charge is 0.254 e. The number of benzene rings is 2. The van der Waals surface area contributed by atoms with Crippen molar-refractivity contribution in [3.8, 4) is 17.2 Å². The lowest BCUT2D eigenvalue weighted by Crippen LogP contribution is -2.30. The second kappa shape index (κ2) is 10.6. The number of rotatable bonds is 7. The topological polar surface area (TPSA) is 112 Å². The zero-order chi connectivity index (χ0) is 25.4. The van der Waals surface area contributed by atoms with Crippen LogP contribution >= 0.6 is 17.0 Å². The van der Waals surface area contributed by atoms with Crippen molar-refractivity contribution in [1.82, 2.24) is 10.2 Å². The molecule has 3 N–H and O–H groups in total. The SMILES string of the molecule is Br.CCOc1c(C(=O)NC)cc2c(c1F)CN(CC(=O)c1cc(OC)c(O)c(C(C)(C)C)c1)C2=N. The van der Waals surface area contributed by atoms with Crippen LogP contribution in [0.1, 0.15) is 65.1 Å². The Bertz CT molecular complexity index is 1180. The maximum absolute atomic E-state index is 15.3.